The summed E-state index contributed by atoms with van der Waals surface area (Å²) in [5.41, 5.74) is 0.955. The second-order valence-corrected chi connectivity index (χ2v) is 6.89. The SMILES string of the molecule is C=C(CCCC)CP(=O)(OC(C)C)OC(C)C. The van der Waals surface area contributed by atoms with E-state index in [0.29, 0.717) is 6.16 Å². The van der Waals surface area contributed by atoms with Crippen LogP contribution in [0.3, 0.4) is 0 Å². The van der Waals surface area contributed by atoms with Crippen LogP contribution in [-0.4, -0.2) is 18.4 Å². The Morgan fingerprint density at radius 2 is 1.65 bits per heavy atom. The quantitative estimate of drug-likeness (QED) is 0.443. The molecule has 0 aromatic rings. The lowest BCUT2D eigenvalue weighted by Gasteiger charge is -2.23. The minimum absolute atomic E-state index is 0.0986. The van der Waals surface area contributed by atoms with Gasteiger partial charge in [0, 0.05) is 0 Å². The van der Waals surface area contributed by atoms with Crippen LogP contribution < -0.4 is 0 Å². The van der Waals surface area contributed by atoms with Gasteiger partial charge in [0.05, 0.1) is 18.4 Å². The maximum Gasteiger partial charge on any atom is 0.335 e. The lowest BCUT2D eigenvalue weighted by atomic mass is 10.1. The summed E-state index contributed by atoms with van der Waals surface area (Å²) < 4.78 is 23.4. The first-order valence-corrected chi connectivity index (χ1v) is 8.14. The summed E-state index contributed by atoms with van der Waals surface area (Å²) >= 11 is 0. The normalized spacial score (nSPS) is 12.4. The molecule has 3 nitrogen and oxygen atoms in total. The Labute approximate surface area is 106 Å². The van der Waals surface area contributed by atoms with Crippen LogP contribution in [0.1, 0.15) is 53.9 Å². The molecule has 17 heavy (non-hydrogen) atoms. The summed E-state index contributed by atoms with van der Waals surface area (Å²) in [4.78, 5) is 0. The Kier molecular flexibility index (Phi) is 8.02. The maximum atomic E-state index is 12.5. The highest BCUT2D eigenvalue weighted by molar-refractivity contribution is 7.54. The number of unbranched alkanes of at least 4 members (excludes halogenated alkanes) is 1. The molecular weight excluding hydrogens is 235 g/mol. The van der Waals surface area contributed by atoms with Crippen molar-refractivity contribution in [1.82, 2.24) is 0 Å². The molecule has 0 fully saturated rings. The Morgan fingerprint density at radius 3 is 2.00 bits per heavy atom. The molecule has 0 aliphatic heterocycles. The summed E-state index contributed by atoms with van der Waals surface area (Å²) in [7, 11) is -3.03. The van der Waals surface area contributed by atoms with Crippen molar-refractivity contribution in [2.75, 3.05) is 6.16 Å². The molecule has 0 N–H and O–H groups in total. The first-order chi connectivity index (χ1) is 7.79. The lowest BCUT2D eigenvalue weighted by molar-refractivity contribution is 0.144. The van der Waals surface area contributed by atoms with Gasteiger partial charge in [-0.25, -0.2) is 0 Å². The molecule has 0 spiro atoms. The van der Waals surface area contributed by atoms with Crippen molar-refractivity contribution in [2.45, 2.75) is 66.1 Å². The molecule has 0 aromatic heterocycles. The van der Waals surface area contributed by atoms with E-state index in [0.717, 1.165) is 24.8 Å². The number of hydrogen-bond donors (Lipinski definition) is 0. The van der Waals surface area contributed by atoms with E-state index < -0.39 is 7.60 Å². The van der Waals surface area contributed by atoms with Crippen molar-refractivity contribution >= 4 is 7.60 Å². The Bertz CT molecular complexity index is 258. The van der Waals surface area contributed by atoms with Crippen LogP contribution in [0.15, 0.2) is 12.2 Å². The molecule has 4 heteroatoms. The minimum atomic E-state index is -3.03. The maximum absolute atomic E-state index is 12.5. The molecule has 0 unspecified atom stereocenters. The molecule has 0 radical (unpaired) electrons. The topological polar surface area (TPSA) is 35.5 Å². The predicted molar refractivity (Wildman–Crippen MR) is 73.6 cm³/mol. The van der Waals surface area contributed by atoms with Gasteiger partial charge in [-0.1, -0.05) is 25.5 Å². The first kappa shape index (κ1) is 16.9. The van der Waals surface area contributed by atoms with E-state index in [-0.39, 0.29) is 12.2 Å². The van der Waals surface area contributed by atoms with Gasteiger partial charge in [-0.05, 0) is 40.5 Å². The molecule has 0 saturated carbocycles. The third-order valence-electron chi connectivity index (χ3n) is 2.04. The van der Waals surface area contributed by atoms with Gasteiger partial charge in [-0.2, -0.15) is 0 Å². The zero-order valence-corrected chi connectivity index (χ0v) is 12.8. The average molecular weight is 262 g/mol. The molecule has 0 amide bonds. The summed E-state index contributed by atoms with van der Waals surface area (Å²) in [6.07, 6.45) is 3.21. The molecule has 0 rings (SSSR count). The summed E-state index contributed by atoms with van der Waals surface area (Å²) in [6, 6.07) is 0. The smallest absolute Gasteiger partial charge is 0.306 e. The lowest BCUT2D eigenvalue weighted by Crippen LogP contribution is -2.11. The Hall–Kier alpha value is -0.110. The largest absolute Gasteiger partial charge is 0.335 e. The van der Waals surface area contributed by atoms with Gasteiger partial charge < -0.3 is 9.05 Å². The predicted octanol–water partition coefficient (Wildman–Crippen LogP) is 4.78. The van der Waals surface area contributed by atoms with E-state index in [1.807, 2.05) is 27.7 Å². The van der Waals surface area contributed by atoms with E-state index in [1.54, 1.807) is 0 Å². The molecule has 0 saturated heterocycles. The van der Waals surface area contributed by atoms with Crippen molar-refractivity contribution < 1.29 is 13.6 Å². The van der Waals surface area contributed by atoms with Gasteiger partial charge in [-0.3, -0.25) is 4.57 Å². The second-order valence-electron chi connectivity index (χ2n) is 4.93. The van der Waals surface area contributed by atoms with Crippen LogP contribution in [0.2, 0.25) is 0 Å². The Morgan fingerprint density at radius 1 is 1.18 bits per heavy atom. The van der Waals surface area contributed by atoms with Crippen LogP contribution in [0.5, 0.6) is 0 Å². The second kappa shape index (κ2) is 8.07. The van der Waals surface area contributed by atoms with Gasteiger partial charge in [0.15, 0.2) is 0 Å². The third-order valence-corrected chi connectivity index (χ3v) is 4.36. The van der Waals surface area contributed by atoms with Crippen molar-refractivity contribution in [3.8, 4) is 0 Å². The van der Waals surface area contributed by atoms with Gasteiger partial charge >= 0.3 is 7.60 Å². The molecule has 0 aliphatic rings. The fraction of sp³-hybridized carbons (Fsp3) is 0.846. The van der Waals surface area contributed by atoms with Crippen LogP contribution >= 0.6 is 7.60 Å². The molecule has 102 valence electrons. The fourth-order valence-electron chi connectivity index (χ4n) is 1.52. The van der Waals surface area contributed by atoms with Crippen LogP contribution in [-0.2, 0) is 13.6 Å². The third kappa shape index (κ3) is 8.59. The van der Waals surface area contributed by atoms with Gasteiger partial charge in [0.1, 0.15) is 0 Å². The van der Waals surface area contributed by atoms with Crippen molar-refractivity contribution in [2.24, 2.45) is 0 Å². The van der Waals surface area contributed by atoms with Gasteiger partial charge in [0.25, 0.3) is 0 Å². The van der Waals surface area contributed by atoms with E-state index in [2.05, 4.69) is 13.5 Å². The summed E-state index contributed by atoms with van der Waals surface area (Å²) in [6.45, 7) is 13.6. The fourth-order valence-corrected chi connectivity index (χ4v) is 3.71. The first-order valence-electron chi connectivity index (χ1n) is 6.41. The van der Waals surface area contributed by atoms with Crippen LogP contribution in [0, 0.1) is 0 Å². The highest BCUT2D eigenvalue weighted by atomic mass is 31.2. The number of hydrogen-bond acceptors (Lipinski definition) is 3. The average Bonchev–Trinajstić information content (AvgIpc) is 2.10. The van der Waals surface area contributed by atoms with E-state index in [1.165, 1.54) is 0 Å². The van der Waals surface area contributed by atoms with E-state index in [9.17, 15) is 4.57 Å². The number of rotatable bonds is 9. The zero-order chi connectivity index (χ0) is 13.5. The molecule has 0 bridgehead atoms. The Balaban J connectivity index is 4.47. The highest BCUT2D eigenvalue weighted by Crippen LogP contribution is 2.52. The van der Waals surface area contributed by atoms with E-state index >= 15 is 0 Å². The van der Waals surface area contributed by atoms with Crippen LogP contribution in [0.25, 0.3) is 0 Å². The highest BCUT2D eigenvalue weighted by Gasteiger charge is 2.28. The van der Waals surface area contributed by atoms with Crippen molar-refractivity contribution in [3.05, 3.63) is 12.2 Å². The standard InChI is InChI=1S/C13H27O3P/c1-7-8-9-13(6)10-17(14,15-11(2)3)16-12(4)5/h11-12H,6-10H2,1-5H3. The molecular formula is C13H27O3P. The molecule has 0 aromatic carbocycles. The van der Waals surface area contributed by atoms with Crippen molar-refractivity contribution in [3.63, 3.8) is 0 Å². The van der Waals surface area contributed by atoms with Crippen molar-refractivity contribution in [1.29, 1.82) is 0 Å². The summed E-state index contributed by atoms with van der Waals surface area (Å²) in [5, 5.41) is 0. The monoisotopic (exact) mass is 262 g/mol. The minimum Gasteiger partial charge on any atom is -0.306 e. The molecule has 0 heterocycles. The zero-order valence-electron chi connectivity index (χ0n) is 11.9. The molecule has 0 aliphatic carbocycles. The van der Waals surface area contributed by atoms with Crippen LogP contribution in [0.4, 0.5) is 0 Å². The van der Waals surface area contributed by atoms with E-state index in [4.69, 9.17) is 9.05 Å². The van der Waals surface area contributed by atoms with Gasteiger partial charge in [0.2, 0.25) is 0 Å². The van der Waals surface area contributed by atoms with Gasteiger partial charge in [-0.15, -0.1) is 0 Å². The molecule has 0 atom stereocenters. The number of allylic oxidation sites excluding steroid dienone is 1. The summed E-state index contributed by atoms with van der Waals surface area (Å²) in [5.74, 6) is 0.